The fraction of sp³-hybridized carbons (Fsp3) is 0.447. The molecule has 2 fully saturated rings. The number of aryl methyl sites for hydroxylation is 1. The Hall–Kier alpha value is -4.17. The molecule has 0 saturated carbocycles. The first-order valence-electron chi connectivity index (χ1n) is 16.9. The van der Waals surface area contributed by atoms with Gasteiger partial charge >= 0.3 is 6.09 Å². The van der Waals surface area contributed by atoms with Crippen LogP contribution in [0.5, 0.6) is 0 Å². The number of ether oxygens (including phenoxy) is 1. The standard InChI is InChI=1S/C38H48N4O4/c1-2-24-42-35(43)34(28-31-18-20-33(21-19-31)39-37(45)46-29-32-16-10-6-11-17-32)40-36(44)38(42)22-26-41(27-23-38)25-12-4-3-7-13-30-14-8-5-9-15-30/h5-6,8-11,14-21,34H,2-4,7,12-13,22-29H2,1H3,(H,39,45)(H,40,44)/t34-/m0/s1. The van der Waals surface area contributed by atoms with Gasteiger partial charge in [-0.25, -0.2) is 4.79 Å². The highest BCUT2D eigenvalue weighted by molar-refractivity contribution is 6.00. The molecule has 2 N–H and O–H groups in total. The summed E-state index contributed by atoms with van der Waals surface area (Å²) in [5.74, 6) is -0.0226. The van der Waals surface area contributed by atoms with E-state index in [0.717, 1.165) is 50.0 Å². The van der Waals surface area contributed by atoms with Crippen molar-refractivity contribution in [2.75, 3.05) is 31.5 Å². The number of benzene rings is 3. The van der Waals surface area contributed by atoms with E-state index in [4.69, 9.17) is 4.74 Å². The molecule has 1 atom stereocenters. The van der Waals surface area contributed by atoms with E-state index in [2.05, 4.69) is 52.8 Å². The number of hydrogen-bond acceptors (Lipinski definition) is 5. The van der Waals surface area contributed by atoms with Crippen molar-refractivity contribution >= 4 is 23.6 Å². The monoisotopic (exact) mass is 624 g/mol. The van der Waals surface area contributed by atoms with Crippen molar-refractivity contribution in [2.24, 2.45) is 0 Å². The first-order valence-corrected chi connectivity index (χ1v) is 16.9. The van der Waals surface area contributed by atoms with Crippen molar-refractivity contribution in [1.82, 2.24) is 15.1 Å². The maximum absolute atomic E-state index is 13.8. The molecule has 3 amide bonds. The van der Waals surface area contributed by atoms with Crippen LogP contribution in [0.4, 0.5) is 10.5 Å². The summed E-state index contributed by atoms with van der Waals surface area (Å²) in [6.45, 7) is 5.54. The van der Waals surface area contributed by atoms with Crippen molar-refractivity contribution < 1.29 is 19.1 Å². The van der Waals surface area contributed by atoms with Gasteiger partial charge in [-0.1, -0.05) is 92.6 Å². The molecule has 2 heterocycles. The lowest BCUT2D eigenvalue weighted by Crippen LogP contribution is -2.73. The number of anilines is 1. The minimum absolute atomic E-state index is 0.00000681. The van der Waals surface area contributed by atoms with E-state index in [1.807, 2.05) is 47.4 Å². The summed E-state index contributed by atoms with van der Waals surface area (Å²) in [6, 6.07) is 26.9. The lowest BCUT2D eigenvalue weighted by molar-refractivity contribution is -0.161. The molecule has 2 aliphatic heterocycles. The van der Waals surface area contributed by atoms with Crippen LogP contribution in [0.1, 0.15) is 68.6 Å². The molecule has 1 spiro atoms. The Morgan fingerprint density at radius 1 is 0.826 bits per heavy atom. The van der Waals surface area contributed by atoms with E-state index in [1.54, 1.807) is 12.1 Å². The third kappa shape index (κ3) is 8.75. The number of nitrogens with one attached hydrogen (secondary N) is 2. The summed E-state index contributed by atoms with van der Waals surface area (Å²) in [5.41, 5.74) is 3.08. The summed E-state index contributed by atoms with van der Waals surface area (Å²) in [6.07, 6.45) is 7.98. The third-order valence-corrected chi connectivity index (χ3v) is 9.32. The second-order valence-corrected chi connectivity index (χ2v) is 12.6. The highest BCUT2D eigenvalue weighted by atomic mass is 16.5. The lowest BCUT2D eigenvalue weighted by Gasteiger charge is -2.51. The van der Waals surface area contributed by atoms with Gasteiger partial charge in [-0.3, -0.25) is 14.9 Å². The smallest absolute Gasteiger partial charge is 0.411 e. The number of likely N-dealkylation sites (tertiary alicyclic amines) is 1. The molecule has 2 saturated heterocycles. The van der Waals surface area contributed by atoms with Gasteiger partial charge in [0.1, 0.15) is 18.2 Å². The molecule has 3 aromatic carbocycles. The van der Waals surface area contributed by atoms with E-state index >= 15 is 0 Å². The van der Waals surface area contributed by atoms with Crippen LogP contribution in [0, 0.1) is 0 Å². The zero-order chi connectivity index (χ0) is 32.2. The lowest BCUT2D eigenvalue weighted by atomic mass is 9.81. The van der Waals surface area contributed by atoms with Gasteiger partial charge < -0.3 is 19.9 Å². The van der Waals surface area contributed by atoms with Gasteiger partial charge in [-0.2, -0.15) is 0 Å². The normalized spacial score (nSPS) is 17.9. The molecular weight excluding hydrogens is 576 g/mol. The van der Waals surface area contributed by atoms with Crippen LogP contribution >= 0.6 is 0 Å². The largest absolute Gasteiger partial charge is 0.444 e. The number of nitrogens with zero attached hydrogens (tertiary/aromatic N) is 2. The third-order valence-electron chi connectivity index (χ3n) is 9.32. The number of amides is 3. The average Bonchev–Trinajstić information content (AvgIpc) is 3.09. The SMILES string of the molecule is CCCN1C(=O)[C@H](Cc2ccc(NC(=O)OCc3ccccc3)cc2)NC(=O)C12CCN(CCCCCCc1ccccc1)CC2. The van der Waals surface area contributed by atoms with E-state index in [9.17, 15) is 14.4 Å². The molecular formula is C38H48N4O4. The van der Waals surface area contributed by atoms with Gasteiger partial charge in [0.15, 0.2) is 0 Å². The number of hydrogen-bond donors (Lipinski definition) is 2. The number of carbonyl (C=O) groups excluding carboxylic acids is 3. The molecule has 8 heteroatoms. The quantitative estimate of drug-likeness (QED) is 0.204. The van der Waals surface area contributed by atoms with Crippen molar-refractivity contribution in [2.45, 2.75) is 82.9 Å². The van der Waals surface area contributed by atoms with Crippen LogP contribution in [-0.2, 0) is 33.8 Å². The zero-order valence-electron chi connectivity index (χ0n) is 27.1. The number of unbranched alkanes of at least 4 members (excludes halogenated alkanes) is 3. The van der Waals surface area contributed by atoms with Crippen molar-refractivity contribution in [3.05, 3.63) is 102 Å². The van der Waals surface area contributed by atoms with Crippen LogP contribution in [0.2, 0.25) is 0 Å². The van der Waals surface area contributed by atoms with Crippen molar-refractivity contribution in [3.63, 3.8) is 0 Å². The Balaban J connectivity index is 1.07. The highest BCUT2D eigenvalue weighted by Crippen LogP contribution is 2.34. The fourth-order valence-electron chi connectivity index (χ4n) is 6.71. The summed E-state index contributed by atoms with van der Waals surface area (Å²) >= 11 is 0. The molecule has 3 aromatic rings. The molecule has 244 valence electrons. The van der Waals surface area contributed by atoms with Crippen LogP contribution in [0.15, 0.2) is 84.9 Å². The Morgan fingerprint density at radius 3 is 2.15 bits per heavy atom. The van der Waals surface area contributed by atoms with Crippen LogP contribution in [0.3, 0.4) is 0 Å². The summed E-state index contributed by atoms with van der Waals surface area (Å²) in [7, 11) is 0. The first-order chi connectivity index (χ1) is 22.5. The predicted molar refractivity (Wildman–Crippen MR) is 181 cm³/mol. The summed E-state index contributed by atoms with van der Waals surface area (Å²) in [5, 5.41) is 5.84. The maximum Gasteiger partial charge on any atom is 0.411 e. The Labute approximate surface area is 273 Å². The van der Waals surface area contributed by atoms with Gasteiger partial charge in [0.2, 0.25) is 11.8 Å². The van der Waals surface area contributed by atoms with E-state index in [1.165, 1.54) is 24.8 Å². The van der Waals surface area contributed by atoms with Gasteiger partial charge in [0.25, 0.3) is 0 Å². The van der Waals surface area contributed by atoms with Gasteiger partial charge in [-0.05, 0) is 73.9 Å². The first kappa shape index (κ1) is 33.2. The zero-order valence-corrected chi connectivity index (χ0v) is 27.1. The number of carbonyl (C=O) groups is 3. The van der Waals surface area contributed by atoms with Crippen molar-refractivity contribution in [1.29, 1.82) is 0 Å². The summed E-state index contributed by atoms with van der Waals surface area (Å²) in [4.78, 5) is 44.1. The van der Waals surface area contributed by atoms with Crippen LogP contribution < -0.4 is 10.6 Å². The summed E-state index contributed by atoms with van der Waals surface area (Å²) < 4.78 is 5.30. The maximum atomic E-state index is 13.8. The van der Waals surface area contributed by atoms with E-state index < -0.39 is 17.7 Å². The van der Waals surface area contributed by atoms with Gasteiger partial charge in [0.05, 0.1) is 0 Å². The van der Waals surface area contributed by atoms with Gasteiger partial charge in [0, 0.05) is 31.7 Å². The number of rotatable bonds is 14. The van der Waals surface area contributed by atoms with E-state index in [-0.39, 0.29) is 18.4 Å². The molecule has 0 aliphatic carbocycles. The molecule has 0 bridgehead atoms. The topological polar surface area (TPSA) is 91.0 Å². The fourth-order valence-corrected chi connectivity index (χ4v) is 6.71. The molecule has 0 aromatic heterocycles. The molecule has 5 rings (SSSR count). The number of piperidine rings is 1. The van der Waals surface area contributed by atoms with Crippen LogP contribution in [0.25, 0.3) is 0 Å². The average molecular weight is 625 g/mol. The Kier molecular flexibility index (Phi) is 11.8. The second kappa shape index (κ2) is 16.4. The minimum Gasteiger partial charge on any atom is -0.444 e. The molecule has 0 unspecified atom stereocenters. The minimum atomic E-state index is -0.760. The highest BCUT2D eigenvalue weighted by Gasteiger charge is 2.53. The molecule has 46 heavy (non-hydrogen) atoms. The number of piperazine rings is 1. The molecule has 2 aliphatic rings. The Bertz CT molecular complexity index is 1410. The predicted octanol–water partition coefficient (Wildman–Crippen LogP) is 6.35. The van der Waals surface area contributed by atoms with Crippen LogP contribution in [-0.4, -0.2) is 65.5 Å². The molecule has 8 nitrogen and oxygen atoms in total. The van der Waals surface area contributed by atoms with Crippen molar-refractivity contribution in [3.8, 4) is 0 Å². The second-order valence-electron chi connectivity index (χ2n) is 12.6. The molecule has 0 radical (unpaired) electrons. The Morgan fingerprint density at radius 2 is 1.48 bits per heavy atom. The van der Waals surface area contributed by atoms with Gasteiger partial charge in [-0.15, -0.1) is 0 Å². The van der Waals surface area contributed by atoms with E-state index in [0.29, 0.717) is 31.5 Å².